The second-order valence-corrected chi connectivity index (χ2v) is 5.47. The van der Waals surface area contributed by atoms with Crippen LogP contribution < -0.4 is 10.2 Å². The molecule has 0 bridgehead atoms. The van der Waals surface area contributed by atoms with Gasteiger partial charge in [-0.15, -0.1) is 0 Å². The van der Waals surface area contributed by atoms with Gasteiger partial charge in [0.05, 0.1) is 0 Å². The van der Waals surface area contributed by atoms with Crippen LogP contribution >= 0.6 is 0 Å². The summed E-state index contributed by atoms with van der Waals surface area (Å²) in [5.41, 5.74) is 2.44. The molecule has 0 saturated carbocycles. The molecule has 24 heavy (non-hydrogen) atoms. The van der Waals surface area contributed by atoms with Gasteiger partial charge in [0.25, 0.3) is 0 Å². The maximum Gasteiger partial charge on any atom is 0.134 e. The maximum absolute atomic E-state index is 4.43. The normalized spacial score (nSPS) is 10.4. The van der Waals surface area contributed by atoms with Gasteiger partial charge in [-0.25, -0.2) is 9.97 Å². The predicted molar refractivity (Wildman–Crippen MR) is 96.8 cm³/mol. The van der Waals surface area contributed by atoms with Crippen molar-refractivity contribution < 1.29 is 0 Å². The fourth-order valence-electron chi connectivity index (χ4n) is 2.47. The molecule has 0 aliphatic carbocycles. The van der Waals surface area contributed by atoms with Gasteiger partial charge in [-0.2, -0.15) is 0 Å². The van der Waals surface area contributed by atoms with E-state index in [4.69, 9.17) is 0 Å². The summed E-state index contributed by atoms with van der Waals surface area (Å²) in [6.45, 7) is 4.56. The van der Waals surface area contributed by atoms with E-state index in [1.165, 1.54) is 11.1 Å². The fourth-order valence-corrected chi connectivity index (χ4v) is 2.47. The van der Waals surface area contributed by atoms with E-state index in [0.29, 0.717) is 6.54 Å². The topological polar surface area (TPSA) is 53.9 Å². The summed E-state index contributed by atoms with van der Waals surface area (Å²) in [6.07, 6.45) is 5.19. The molecule has 0 spiro atoms. The minimum atomic E-state index is 0.712. The van der Waals surface area contributed by atoms with Crippen molar-refractivity contribution in [3.8, 4) is 0 Å². The lowest BCUT2D eigenvalue weighted by Gasteiger charge is -2.22. The first kappa shape index (κ1) is 15.9. The summed E-state index contributed by atoms with van der Waals surface area (Å²) >= 11 is 0. The number of rotatable bonds is 7. The highest BCUT2D eigenvalue weighted by Crippen LogP contribution is 2.17. The smallest absolute Gasteiger partial charge is 0.134 e. The van der Waals surface area contributed by atoms with Crippen LogP contribution in [0.2, 0.25) is 0 Å². The molecule has 3 rings (SSSR count). The Kier molecular flexibility index (Phi) is 5.35. The second kappa shape index (κ2) is 8.06. The first-order chi connectivity index (χ1) is 11.8. The van der Waals surface area contributed by atoms with Crippen LogP contribution in [-0.4, -0.2) is 21.5 Å². The number of hydrogen-bond donors (Lipinski definition) is 1. The lowest BCUT2D eigenvalue weighted by Crippen LogP contribution is -2.23. The van der Waals surface area contributed by atoms with E-state index in [1.54, 1.807) is 18.7 Å². The highest BCUT2D eigenvalue weighted by Gasteiger charge is 2.08. The van der Waals surface area contributed by atoms with Crippen LogP contribution in [0.5, 0.6) is 0 Å². The predicted octanol–water partition coefficient (Wildman–Crippen LogP) is 3.51. The molecule has 0 amide bonds. The van der Waals surface area contributed by atoms with Gasteiger partial charge in [0.1, 0.15) is 18.0 Å². The summed E-state index contributed by atoms with van der Waals surface area (Å²) in [7, 11) is 0. The van der Waals surface area contributed by atoms with E-state index < -0.39 is 0 Å². The van der Waals surface area contributed by atoms with Crippen molar-refractivity contribution in [3.63, 3.8) is 0 Å². The van der Waals surface area contributed by atoms with E-state index in [-0.39, 0.29) is 0 Å². The number of anilines is 2. The van der Waals surface area contributed by atoms with Gasteiger partial charge in [0.2, 0.25) is 0 Å². The van der Waals surface area contributed by atoms with Gasteiger partial charge in [-0.3, -0.25) is 4.98 Å². The summed E-state index contributed by atoms with van der Waals surface area (Å²) in [6, 6.07) is 16.4. The zero-order valence-corrected chi connectivity index (χ0v) is 13.8. The quantitative estimate of drug-likeness (QED) is 0.722. The number of benzene rings is 1. The molecule has 3 aromatic rings. The third-order valence-corrected chi connectivity index (χ3v) is 3.80. The summed E-state index contributed by atoms with van der Waals surface area (Å²) < 4.78 is 0. The molecule has 0 aliphatic rings. The minimum Gasteiger partial charge on any atom is -0.366 e. The third-order valence-electron chi connectivity index (χ3n) is 3.80. The van der Waals surface area contributed by atoms with Crippen molar-refractivity contribution in [2.75, 3.05) is 16.8 Å². The van der Waals surface area contributed by atoms with Crippen molar-refractivity contribution >= 4 is 11.6 Å². The molecule has 0 atom stereocenters. The van der Waals surface area contributed by atoms with E-state index in [9.17, 15) is 0 Å². The van der Waals surface area contributed by atoms with Crippen LogP contribution in [0, 0.1) is 0 Å². The molecule has 1 N–H and O–H groups in total. The highest BCUT2D eigenvalue weighted by molar-refractivity contribution is 5.49. The van der Waals surface area contributed by atoms with Crippen molar-refractivity contribution in [2.24, 2.45) is 0 Å². The number of nitrogens with one attached hydrogen (secondary N) is 1. The zero-order chi connectivity index (χ0) is 16.6. The third kappa shape index (κ3) is 4.29. The van der Waals surface area contributed by atoms with Gasteiger partial charge in [-0.05, 0) is 30.2 Å². The fraction of sp³-hybridized carbons (Fsp3) is 0.211. The summed E-state index contributed by atoms with van der Waals surface area (Å²) in [5, 5.41) is 3.34. The van der Waals surface area contributed by atoms with Crippen LogP contribution in [0.25, 0.3) is 0 Å². The van der Waals surface area contributed by atoms with Gasteiger partial charge in [0, 0.05) is 38.1 Å². The van der Waals surface area contributed by atoms with Crippen LogP contribution in [-0.2, 0) is 13.1 Å². The van der Waals surface area contributed by atoms with E-state index >= 15 is 0 Å². The Labute approximate surface area is 142 Å². The molecule has 2 aromatic heterocycles. The molecule has 0 fully saturated rings. The maximum atomic E-state index is 4.43. The Balaban J connectivity index is 1.69. The van der Waals surface area contributed by atoms with Crippen molar-refractivity contribution in [1.82, 2.24) is 15.0 Å². The average molecular weight is 319 g/mol. The molecular formula is C19H21N5. The van der Waals surface area contributed by atoms with Crippen LogP contribution in [0.1, 0.15) is 18.1 Å². The largest absolute Gasteiger partial charge is 0.366 e. The average Bonchev–Trinajstić information content (AvgIpc) is 2.66. The molecule has 0 aliphatic heterocycles. The van der Waals surface area contributed by atoms with Crippen LogP contribution in [0.15, 0.2) is 67.3 Å². The molecule has 5 heteroatoms. The standard InChI is InChI=1S/C19H21N5/c1-2-24(14-17-6-4-3-5-7-17)19-12-18(22-15-23-19)21-13-16-8-10-20-11-9-16/h3-12,15H,2,13-14H2,1H3,(H,21,22,23). The Bertz CT molecular complexity index is 746. The molecule has 5 nitrogen and oxygen atoms in total. The number of nitrogens with zero attached hydrogens (tertiary/aromatic N) is 4. The lowest BCUT2D eigenvalue weighted by molar-refractivity contribution is 0.810. The highest BCUT2D eigenvalue weighted by atomic mass is 15.2. The molecule has 0 radical (unpaired) electrons. The van der Waals surface area contributed by atoms with Gasteiger partial charge < -0.3 is 10.2 Å². The van der Waals surface area contributed by atoms with Crippen molar-refractivity contribution in [2.45, 2.75) is 20.0 Å². The molecule has 2 heterocycles. The van der Waals surface area contributed by atoms with E-state index in [2.05, 4.69) is 56.4 Å². The van der Waals surface area contributed by atoms with Gasteiger partial charge >= 0.3 is 0 Å². The molecule has 0 saturated heterocycles. The zero-order valence-electron chi connectivity index (χ0n) is 13.8. The van der Waals surface area contributed by atoms with Crippen molar-refractivity contribution in [3.05, 3.63) is 78.4 Å². The summed E-state index contributed by atoms with van der Waals surface area (Å²) in [5.74, 6) is 1.75. The molecular weight excluding hydrogens is 298 g/mol. The van der Waals surface area contributed by atoms with Crippen LogP contribution in [0.4, 0.5) is 11.6 Å². The monoisotopic (exact) mass is 319 g/mol. The minimum absolute atomic E-state index is 0.712. The first-order valence-electron chi connectivity index (χ1n) is 8.09. The van der Waals surface area contributed by atoms with Crippen LogP contribution in [0.3, 0.4) is 0 Å². The number of hydrogen-bond acceptors (Lipinski definition) is 5. The summed E-state index contributed by atoms with van der Waals surface area (Å²) in [4.78, 5) is 15.0. The molecule has 0 unspecified atom stereocenters. The molecule has 1 aromatic carbocycles. The lowest BCUT2D eigenvalue weighted by atomic mass is 10.2. The SMILES string of the molecule is CCN(Cc1ccccc1)c1cc(NCc2ccncc2)ncn1. The first-order valence-corrected chi connectivity index (χ1v) is 8.09. The number of aromatic nitrogens is 3. The van der Waals surface area contributed by atoms with Gasteiger partial charge in [-0.1, -0.05) is 30.3 Å². The Morgan fingerprint density at radius 2 is 1.75 bits per heavy atom. The Hall–Kier alpha value is -2.95. The second-order valence-electron chi connectivity index (χ2n) is 5.47. The van der Waals surface area contributed by atoms with Crippen molar-refractivity contribution in [1.29, 1.82) is 0 Å². The number of pyridine rings is 1. The van der Waals surface area contributed by atoms with E-state index in [0.717, 1.165) is 24.7 Å². The van der Waals surface area contributed by atoms with Gasteiger partial charge in [0.15, 0.2) is 0 Å². The van der Waals surface area contributed by atoms with E-state index in [1.807, 2.05) is 24.3 Å². The Morgan fingerprint density at radius 1 is 0.958 bits per heavy atom. The molecule has 122 valence electrons. The Morgan fingerprint density at radius 3 is 2.50 bits per heavy atom.